The second-order valence-electron chi connectivity index (χ2n) is 7.79. The Morgan fingerprint density at radius 3 is 2.36 bits per heavy atom. The number of hydrogen-bond acceptors (Lipinski definition) is 7. The van der Waals surface area contributed by atoms with Crippen LogP contribution in [0.1, 0.15) is 19.4 Å². The molecule has 4 rings (SSSR count). The van der Waals surface area contributed by atoms with E-state index in [1.807, 2.05) is 6.92 Å². The summed E-state index contributed by atoms with van der Waals surface area (Å²) in [5.74, 6) is -2.55. The number of aliphatic carboxylic acids is 1. The molecule has 1 atom stereocenters. The maximum atomic E-state index is 13.6. The van der Waals surface area contributed by atoms with Crippen molar-refractivity contribution >= 4 is 29.1 Å². The van der Waals surface area contributed by atoms with Crippen molar-refractivity contribution in [3.05, 3.63) is 17.7 Å². The van der Waals surface area contributed by atoms with Crippen molar-refractivity contribution in [2.24, 2.45) is 5.10 Å². The van der Waals surface area contributed by atoms with Gasteiger partial charge >= 0.3 is 18.3 Å². The topological polar surface area (TPSA) is 115 Å². The number of hydrogen-bond donors (Lipinski definition) is 4. The lowest BCUT2D eigenvalue weighted by atomic mass is 9.94. The van der Waals surface area contributed by atoms with Crippen LogP contribution >= 0.6 is 0 Å². The predicted molar refractivity (Wildman–Crippen MR) is 103 cm³/mol. The van der Waals surface area contributed by atoms with E-state index in [0.29, 0.717) is 24.6 Å². The number of carboxylic acid groups (broad SMARTS) is 1. The number of anilines is 2. The zero-order chi connectivity index (χ0) is 24.8. The van der Waals surface area contributed by atoms with Crippen LogP contribution in [0.25, 0.3) is 0 Å². The number of amides is 1. The third-order valence-electron chi connectivity index (χ3n) is 5.07. The Balaban J connectivity index is 0.000000383. The lowest BCUT2D eigenvalue weighted by Crippen LogP contribution is -2.62. The average molecular weight is 483 g/mol. The van der Waals surface area contributed by atoms with E-state index in [-0.39, 0.29) is 24.0 Å². The van der Waals surface area contributed by atoms with E-state index in [0.717, 1.165) is 6.07 Å². The highest BCUT2D eigenvalue weighted by atomic mass is 19.4. The normalized spacial score (nSPS) is 21.1. The molecule has 1 aromatic rings. The van der Waals surface area contributed by atoms with Gasteiger partial charge in [-0.1, -0.05) is 0 Å². The first kappa shape index (κ1) is 24.4. The molecule has 3 heterocycles. The third kappa shape index (κ3) is 5.07. The molecule has 1 fully saturated rings. The molecule has 33 heavy (non-hydrogen) atoms. The summed E-state index contributed by atoms with van der Waals surface area (Å²) in [6.07, 6.45) is -9.62. The molecular weight excluding hydrogens is 464 g/mol. The summed E-state index contributed by atoms with van der Waals surface area (Å²) < 4.78 is 77.9. The number of fused-ring (bicyclic) bond motifs is 3. The average Bonchev–Trinajstić information content (AvgIpc) is 2.67. The standard InChI is InChI=1S/C16H18F3N5O2.C2HF3O2/c1-8-14(25)23-22-13-5-26-12-3-9(16(17,18)19)10(4-11(12)24(8)13)21-15(2)6-20-7-15;3-2(4,5)1(6)7/h3-4,8,20-21H,5-7H2,1-2H3,(H,23,25);(H,6,7)/t8-;/m0./s1. The second kappa shape index (κ2) is 8.28. The first-order valence-corrected chi connectivity index (χ1v) is 9.45. The molecule has 0 aliphatic carbocycles. The fraction of sp³-hybridized carbons (Fsp3) is 0.500. The van der Waals surface area contributed by atoms with Crippen LogP contribution in [0.5, 0.6) is 5.75 Å². The Hall–Kier alpha value is -3.23. The summed E-state index contributed by atoms with van der Waals surface area (Å²) in [6, 6.07) is 1.78. The van der Waals surface area contributed by atoms with Crippen molar-refractivity contribution in [2.75, 3.05) is 29.9 Å². The van der Waals surface area contributed by atoms with Gasteiger partial charge in [-0.25, -0.2) is 10.2 Å². The maximum Gasteiger partial charge on any atom is 0.490 e. The number of alkyl halides is 6. The minimum absolute atomic E-state index is 0.0106. The monoisotopic (exact) mass is 483 g/mol. The second-order valence-corrected chi connectivity index (χ2v) is 7.79. The number of ether oxygens (including phenoxy) is 1. The first-order chi connectivity index (χ1) is 15.1. The highest BCUT2D eigenvalue weighted by Crippen LogP contribution is 2.45. The summed E-state index contributed by atoms with van der Waals surface area (Å²) in [5.41, 5.74) is 1.49. The number of benzene rings is 1. The molecule has 3 aliphatic rings. The van der Waals surface area contributed by atoms with Crippen molar-refractivity contribution in [1.29, 1.82) is 0 Å². The molecule has 4 N–H and O–H groups in total. The van der Waals surface area contributed by atoms with E-state index >= 15 is 0 Å². The summed E-state index contributed by atoms with van der Waals surface area (Å²) in [6.45, 7) is 4.63. The predicted octanol–water partition coefficient (Wildman–Crippen LogP) is 2.14. The molecule has 3 aliphatic heterocycles. The number of carboxylic acids is 1. The number of carbonyl (C=O) groups is 2. The molecule has 0 saturated carbocycles. The number of halogens is 6. The van der Waals surface area contributed by atoms with Crippen molar-refractivity contribution < 1.29 is 45.8 Å². The Labute approximate surface area is 182 Å². The largest absolute Gasteiger partial charge is 0.490 e. The van der Waals surface area contributed by atoms with Gasteiger partial charge in [0.2, 0.25) is 0 Å². The highest BCUT2D eigenvalue weighted by Gasteiger charge is 2.42. The fourth-order valence-corrected chi connectivity index (χ4v) is 3.32. The van der Waals surface area contributed by atoms with Crippen LogP contribution in [0.2, 0.25) is 0 Å². The summed E-state index contributed by atoms with van der Waals surface area (Å²) in [7, 11) is 0. The van der Waals surface area contributed by atoms with Gasteiger partial charge in [0.15, 0.2) is 5.84 Å². The van der Waals surface area contributed by atoms with Gasteiger partial charge in [0.1, 0.15) is 18.4 Å². The van der Waals surface area contributed by atoms with Gasteiger partial charge in [-0.15, -0.1) is 0 Å². The van der Waals surface area contributed by atoms with Crippen molar-refractivity contribution in [3.8, 4) is 5.75 Å². The number of carbonyl (C=O) groups excluding carboxylic acids is 1. The lowest BCUT2D eigenvalue weighted by Gasteiger charge is -2.42. The van der Waals surface area contributed by atoms with Gasteiger partial charge in [-0.3, -0.25) is 4.79 Å². The van der Waals surface area contributed by atoms with Crippen LogP contribution in [0.3, 0.4) is 0 Å². The van der Waals surface area contributed by atoms with E-state index in [4.69, 9.17) is 14.6 Å². The molecule has 0 radical (unpaired) electrons. The number of rotatable bonds is 2. The Bertz CT molecular complexity index is 990. The highest BCUT2D eigenvalue weighted by molar-refractivity contribution is 6.09. The van der Waals surface area contributed by atoms with Crippen molar-refractivity contribution in [2.45, 2.75) is 37.8 Å². The van der Waals surface area contributed by atoms with Gasteiger partial charge < -0.3 is 25.4 Å². The lowest BCUT2D eigenvalue weighted by molar-refractivity contribution is -0.192. The molecular formula is C18H19F6N5O4. The minimum atomic E-state index is -5.08. The van der Waals surface area contributed by atoms with E-state index < -0.39 is 35.5 Å². The van der Waals surface area contributed by atoms with Gasteiger partial charge in [-0.05, 0) is 26.0 Å². The molecule has 1 aromatic carbocycles. The van der Waals surface area contributed by atoms with Crippen LogP contribution in [0.15, 0.2) is 17.2 Å². The van der Waals surface area contributed by atoms with Gasteiger partial charge in [0.25, 0.3) is 5.91 Å². The van der Waals surface area contributed by atoms with E-state index in [1.165, 1.54) is 6.07 Å². The fourth-order valence-electron chi connectivity index (χ4n) is 3.32. The number of nitrogens with zero attached hydrogens (tertiary/aromatic N) is 2. The molecule has 0 unspecified atom stereocenters. The molecule has 1 amide bonds. The van der Waals surface area contributed by atoms with Crippen molar-refractivity contribution in [3.63, 3.8) is 0 Å². The number of hydrazone groups is 1. The zero-order valence-corrected chi connectivity index (χ0v) is 17.2. The zero-order valence-electron chi connectivity index (χ0n) is 17.2. The Morgan fingerprint density at radius 2 is 1.88 bits per heavy atom. The summed E-state index contributed by atoms with van der Waals surface area (Å²) in [5, 5.41) is 17.1. The molecule has 0 aromatic heterocycles. The molecule has 1 saturated heterocycles. The molecule has 0 bridgehead atoms. The Morgan fingerprint density at radius 1 is 1.27 bits per heavy atom. The SMILES string of the molecule is C[C@H]1C(=O)NN=C2COc3cc(C(F)(F)F)c(NC4(C)CNC4)cc3N21.O=C(O)C(F)(F)F. The first-order valence-electron chi connectivity index (χ1n) is 9.45. The van der Waals surface area contributed by atoms with Crippen LogP contribution in [0.4, 0.5) is 37.7 Å². The molecule has 182 valence electrons. The van der Waals surface area contributed by atoms with E-state index in [1.54, 1.807) is 11.8 Å². The third-order valence-corrected chi connectivity index (χ3v) is 5.07. The summed E-state index contributed by atoms with van der Waals surface area (Å²) in [4.78, 5) is 22.5. The number of nitrogens with one attached hydrogen (secondary N) is 3. The smallest absolute Gasteiger partial charge is 0.483 e. The maximum absolute atomic E-state index is 13.6. The van der Waals surface area contributed by atoms with E-state index in [9.17, 15) is 31.1 Å². The van der Waals surface area contributed by atoms with Gasteiger partial charge in [-0.2, -0.15) is 31.4 Å². The Kier molecular flexibility index (Phi) is 6.12. The quantitative estimate of drug-likeness (QED) is 0.477. The molecule has 9 nitrogen and oxygen atoms in total. The molecule has 0 spiro atoms. The van der Waals surface area contributed by atoms with Gasteiger partial charge in [0.05, 0.1) is 16.8 Å². The van der Waals surface area contributed by atoms with E-state index in [2.05, 4.69) is 21.2 Å². The van der Waals surface area contributed by atoms with Crippen LogP contribution < -0.4 is 25.7 Å². The minimum Gasteiger partial charge on any atom is -0.483 e. The van der Waals surface area contributed by atoms with Crippen molar-refractivity contribution in [1.82, 2.24) is 10.7 Å². The van der Waals surface area contributed by atoms with Crippen LogP contribution in [-0.4, -0.2) is 60.3 Å². The number of amidine groups is 1. The molecule has 15 heteroatoms. The van der Waals surface area contributed by atoms with Gasteiger partial charge in [0, 0.05) is 18.8 Å². The summed E-state index contributed by atoms with van der Waals surface area (Å²) >= 11 is 0. The van der Waals surface area contributed by atoms with Crippen LogP contribution in [-0.2, 0) is 15.8 Å². The van der Waals surface area contributed by atoms with Crippen LogP contribution in [0, 0.1) is 0 Å².